The Morgan fingerprint density at radius 3 is 2.53 bits per heavy atom. The van der Waals surface area contributed by atoms with Crippen molar-refractivity contribution in [1.29, 1.82) is 0 Å². The topological polar surface area (TPSA) is 29.5 Å². The smallest absolute Gasteiger partial charge is 0.253 e. The summed E-state index contributed by atoms with van der Waals surface area (Å²) >= 11 is 0. The minimum atomic E-state index is -0.0239. The first-order valence-corrected chi connectivity index (χ1v) is 5.60. The third kappa shape index (κ3) is 3.34. The van der Waals surface area contributed by atoms with Crippen LogP contribution >= 0.6 is 0 Å². The van der Waals surface area contributed by atoms with E-state index >= 15 is 0 Å². The van der Waals surface area contributed by atoms with Gasteiger partial charge in [0.15, 0.2) is 0 Å². The minimum absolute atomic E-state index is 0.0239. The molecule has 0 aliphatic carbocycles. The second-order valence-electron chi connectivity index (χ2n) is 4.32. The standard InChI is InChI=1S/C14H19NO2/c1-6-11-9-12(14(16)15(4)5)7-8-13(11)17-10(2)3/h6-10H,1H2,2-5H3. The molecule has 0 radical (unpaired) electrons. The lowest BCUT2D eigenvalue weighted by Gasteiger charge is -2.15. The number of rotatable bonds is 4. The van der Waals surface area contributed by atoms with Crippen molar-refractivity contribution in [3.63, 3.8) is 0 Å². The molecule has 1 aromatic rings. The van der Waals surface area contributed by atoms with Crippen LogP contribution in [0, 0.1) is 0 Å². The predicted octanol–water partition coefficient (Wildman–Crippen LogP) is 2.82. The molecule has 0 N–H and O–H groups in total. The van der Waals surface area contributed by atoms with E-state index in [1.807, 2.05) is 19.9 Å². The van der Waals surface area contributed by atoms with E-state index in [-0.39, 0.29) is 12.0 Å². The lowest BCUT2D eigenvalue weighted by atomic mass is 10.1. The third-order valence-corrected chi connectivity index (χ3v) is 2.25. The largest absolute Gasteiger partial charge is 0.490 e. The number of hydrogen-bond acceptors (Lipinski definition) is 2. The Kier molecular flexibility index (Phi) is 4.32. The van der Waals surface area contributed by atoms with Gasteiger partial charge in [0.05, 0.1) is 6.10 Å². The first-order chi connectivity index (χ1) is 7.95. The molecule has 0 fully saturated rings. The lowest BCUT2D eigenvalue weighted by Crippen LogP contribution is -2.21. The molecular formula is C14H19NO2. The summed E-state index contributed by atoms with van der Waals surface area (Å²) in [4.78, 5) is 13.3. The Morgan fingerprint density at radius 1 is 1.41 bits per heavy atom. The second-order valence-corrected chi connectivity index (χ2v) is 4.32. The van der Waals surface area contributed by atoms with E-state index in [0.29, 0.717) is 5.56 Å². The first-order valence-electron chi connectivity index (χ1n) is 5.60. The van der Waals surface area contributed by atoms with E-state index in [1.54, 1.807) is 37.2 Å². The molecule has 0 aromatic heterocycles. The van der Waals surface area contributed by atoms with Crippen molar-refractivity contribution in [2.75, 3.05) is 14.1 Å². The molecule has 17 heavy (non-hydrogen) atoms. The number of benzene rings is 1. The zero-order chi connectivity index (χ0) is 13.0. The fourth-order valence-electron chi connectivity index (χ4n) is 1.46. The Bertz CT molecular complexity index is 422. The average Bonchev–Trinajstić information content (AvgIpc) is 2.27. The first kappa shape index (κ1) is 13.3. The van der Waals surface area contributed by atoms with E-state index in [0.717, 1.165) is 11.3 Å². The van der Waals surface area contributed by atoms with E-state index in [9.17, 15) is 4.79 Å². The van der Waals surface area contributed by atoms with Gasteiger partial charge in [-0.05, 0) is 32.0 Å². The predicted molar refractivity (Wildman–Crippen MR) is 70.3 cm³/mol. The highest BCUT2D eigenvalue weighted by molar-refractivity contribution is 5.94. The Morgan fingerprint density at radius 2 is 2.06 bits per heavy atom. The van der Waals surface area contributed by atoms with Gasteiger partial charge in [0.25, 0.3) is 5.91 Å². The van der Waals surface area contributed by atoms with Crippen LogP contribution in [0.25, 0.3) is 6.08 Å². The molecule has 0 saturated carbocycles. The summed E-state index contributed by atoms with van der Waals surface area (Å²) in [5.41, 5.74) is 1.48. The molecule has 3 nitrogen and oxygen atoms in total. The molecule has 0 unspecified atom stereocenters. The molecule has 1 aromatic carbocycles. The average molecular weight is 233 g/mol. The van der Waals surface area contributed by atoms with Gasteiger partial charge in [0, 0.05) is 25.2 Å². The van der Waals surface area contributed by atoms with Crippen molar-refractivity contribution in [1.82, 2.24) is 4.90 Å². The monoisotopic (exact) mass is 233 g/mol. The highest BCUT2D eigenvalue weighted by Gasteiger charge is 2.11. The number of carbonyl (C=O) groups excluding carboxylic acids is 1. The van der Waals surface area contributed by atoms with E-state index in [1.165, 1.54) is 0 Å². The van der Waals surface area contributed by atoms with Crippen molar-refractivity contribution in [3.05, 3.63) is 35.9 Å². The lowest BCUT2D eigenvalue weighted by molar-refractivity contribution is 0.0827. The van der Waals surface area contributed by atoms with Gasteiger partial charge in [-0.1, -0.05) is 12.7 Å². The van der Waals surface area contributed by atoms with Crippen molar-refractivity contribution >= 4 is 12.0 Å². The summed E-state index contributed by atoms with van der Waals surface area (Å²) < 4.78 is 5.64. The summed E-state index contributed by atoms with van der Waals surface area (Å²) in [5.74, 6) is 0.731. The fraction of sp³-hybridized carbons (Fsp3) is 0.357. The summed E-state index contributed by atoms with van der Waals surface area (Å²) in [6, 6.07) is 5.38. The molecule has 0 aliphatic heterocycles. The van der Waals surface area contributed by atoms with Crippen LogP contribution in [-0.2, 0) is 0 Å². The molecule has 0 atom stereocenters. The van der Waals surface area contributed by atoms with Gasteiger partial charge in [0.1, 0.15) is 5.75 Å². The van der Waals surface area contributed by atoms with Gasteiger partial charge in [0.2, 0.25) is 0 Å². The van der Waals surface area contributed by atoms with Crippen molar-refractivity contribution < 1.29 is 9.53 Å². The van der Waals surface area contributed by atoms with Crippen LogP contribution in [0.3, 0.4) is 0 Å². The van der Waals surface area contributed by atoms with Crippen LogP contribution in [0.15, 0.2) is 24.8 Å². The van der Waals surface area contributed by atoms with Crippen molar-refractivity contribution in [2.24, 2.45) is 0 Å². The zero-order valence-electron chi connectivity index (χ0n) is 10.9. The normalized spacial score (nSPS) is 10.2. The number of ether oxygens (including phenoxy) is 1. The summed E-state index contributed by atoms with van der Waals surface area (Å²) in [5, 5.41) is 0. The Hall–Kier alpha value is -1.77. The van der Waals surface area contributed by atoms with Gasteiger partial charge >= 0.3 is 0 Å². The van der Waals surface area contributed by atoms with E-state index in [2.05, 4.69) is 6.58 Å². The molecule has 1 rings (SSSR count). The summed E-state index contributed by atoms with van der Waals surface area (Å²) in [6.45, 7) is 7.67. The third-order valence-electron chi connectivity index (χ3n) is 2.25. The van der Waals surface area contributed by atoms with Crippen molar-refractivity contribution in [3.8, 4) is 5.75 Å². The molecular weight excluding hydrogens is 214 g/mol. The fourth-order valence-corrected chi connectivity index (χ4v) is 1.46. The van der Waals surface area contributed by atoms with Crippen LogP contribution in [0.4, 0.5) is 0 Å². The van der Waals surface area contributed by atoms with Crippen molar-refractivity contribution in [2.45, 2.75) is 20.0 Å². The SMILES string of the molecule is C=Cc1cc(C(=O)N(C)C)ccc1OC(C)C. The molecule has 3 heteroatoms. The number of nitrogens with zero attached hydrogens (tertiary/aromatic N) is 1. The van der Waals surface area contributed by atoms with Gasteiger partial charge in [-0.2, -0.15) is 0 Å². The molecule has 0 saturated heterocycles. The van der Waals surface area contributed by atoms with Crippen LogP contribution in [0.1, 0.15) is 29.8 Å². The maximum absolute atomic E-state index is 11.8. The maximum atomic E-state index is 11.8. The van der Waals surface area contributed by atoms with Crippen LogP contribution in [0.2, 0.25) is 0 Å². The van der Waals surface area contributed by atoms with Gasteiger partial charge < -0.3 is 9.64 Å². The Labute approximate surface area is 103 Å². The highest BCUT2D eigenvalue weighted by atomic mass is 16.5. The molecule has 0 bridgehead atoms. The quantitative estimate of drug-likeness (QED) is 0.800. The van der Waals surface area contributed by atoms with E-state index < -0.39 is 0 Å². The maximum Gasteiger partial charge on any atom is 0.253 e. The molecule has 92 valence electrons. The van der Waals surface area contributed by atoms with E-state index in [4.69, 9.17) is 4.74 Å². The molecule has 0 aliphatic rings. The number of amides is 1. The number of hydrogen-bond donors (Lipinski definition) is 0. The highest BCUT2D eigenvalue weighted by Crippen LogP contribution is 2.23. The zero-order valence-corrected chi connectivity index (χ0v) is 10.9. The summed E-state index contributed by atoms with van der Waals surface area (Å²) in [7, 11) is 3.46. The molecule has 1 amide bonds. The molecule has 0 heterocycles. The molecule has 0 spiro atoms. The van der Waals surface area contributed by atoms with Gasteiger partial charge in [-0.25, -0.2) is 0 Å². The Balaban J connectivity index is 3.08. The second kappa shape index (κ2) is 5.53. The summed E-state index contributed by atoms with van der Waals surface area (Å²) in [6.07, 6.45) is 1.80. The van der Waals surface area contributed by atoms with Crippen LogP contribution < -0.4 is 4.74 Å². The minimum Gasteiger partial charge on any atom is -0.490 e. The number of carbonyl (C=O) groups is 1. The van der Waals surface area contributed by atoms with Gasteiger partial charge in [-0.3, -0.25) is 4.79 Å². The van der Waals surface area contributed by atoms with Gasteiger partial charge in [-0.15, -0.1) is 0 Å². The van der Waals surface area contributed by atoms with Crippen LogP contribution in [-0.4, -0.2) is 31.0 Å². The van der Waals surface area contributed by atoms with Crippen LogP contribution in [0.5, 0.6) is 5.75 Å².